The number of amides is 1. The number of aliphatic hydroxyl groups excluding tert-OH is 2. The van der Waals surface area contributed by atoms with Gasteiger partial charge in [0.25, 0.3) is 11.7 Å². The summed E-state index contributed by atoms with van der Waals surface area (Å²) in [7, 11) is 1.43. The molecule has 1 fully saturated rings. The number of methoxy groups -OCH3 is 1. The van der Waals surface area contributed by atoms with Crippen LogP contribution in [0.2, 0.25) is 0 Å². The van der Waals surface area contributed by atoms with Crippen molar-refractivity contribution in [1.29, 1.82) is 0 Å². The number of allylic oxidation sites excluding steroid dienone is 2. The minimum Gasteiger partial charge on any atom is -0.507 e. The highest BCUT2D eigenvalue weighted by molar-refractivity contribution is 6.22. The first kappa shape index (κ1) is 52.4. The fourth-order valence-electron chi connectivity index (χ4n) is 9.58. The van der Waals surface area contributed by atoms with Crippen molar-refractivity contribution in [3.05, 3.63) is 70.1 Å². The highest BCUT2D eigenvalue weighted by Crippen LogP contribution is 2.51. The number of rotatable bonds is 18. The van der Waals surface area contributed by atoms with Crippen molar-refractivity contribution in [2.45, 2.75) is 106 Å². The van der Waals surface area contributed by atoms with Gasteiger partial charge in [0, 0.05) is 106 Å². The summed E-state index contributed by atoms with van der Waals surface area (Å²) in [5.41, 5.74) is -0.568. The molecule has 0 radical (unpaired) electrons. The van der Waals surface area contributed by atoms with E-state index >= 15 is 0 Å². The van der Waals surface area contributed by atoms with Crippen LogP contribution in [0.4, 0.5) is 11.4 Å². The number of aliphatic hydroxyl groups is 2. The Balaban J connectivity index is 1.43. The number of anilines is 2. The summed E-state index contributed by atoms with van der Waals surface area (Å²) in [6.45, 7) is 26.5. The molecule has 0 spiro atoms. The van der Waals surface area contributed by atoms with Gasteiger partial charge >= 0.3 is 11.8 Å². The minimum absolute atomic E-state index is 0.00837. The van der Waals surface area contributed by atoms with Crippen molar-refractivity contribution in [1.82, 2.24) is 9.88 Å². The number of nitrogens with zero attached hydrogens (tertiary/aromatic N) is 3. The molecule has 0 unspecified atom stereocenters. The van der Waals surface area contributed by atoms with Crippen LogP contribution in [-0.4, -0.2) is 118 Å². The summed E-state index contributed by atoms with van der Waals surface area (Å²) in [6.07, 6.45) is 2.01. The third-order valence-corrected chi connectivity index (χ3v) is 13.5. The first-order valence-electron chi connectivity index (χ1n) is 23.5. The molecular weight excluding hydrogens is 889 g/mol. The van der Waals surface area contributed by atoms with Crippen molar-refractivity contribution in [3.8, 4) is 28.7 Å². The fourth-order valence-corrected chi connectivity index (χ4v) is 9.58. The maximum absolute atomic E-state index is 14.8. The van der Waals surface area contributed by atoms with Crippen LogP contribution in [0.3, 0.4) is 0 Å². The summed E-state index contributed by atoms with van der Waals surface area (Å²) in [4.78, 5) is 64.8. The van der Waals surface area contributed by atoms with E-state index in [0.29, 0.717) is 24.7 Å². The fraction of sp³-hybridized carbons (Fsp3) is 0.519. The van der Waals surface area contributed by atoms with Crippen molar-refractivity contribution in [2.75, 3.05) is 50.1 Å². The van der Waals surface area contributed by atoms with Crippen molar-refractivity contribution in [2.24, 2.45) is 29.6 Å². The van der Waals surface area contributed by atoms with E-state index in [1.54, 1.807) is 32.9 Å². The van der Waals surface area contributed by atoms with E-state index in [1.807, 2.05) is 13.8 Å². The molecule has 6 rings (SSSR count). The summed E-state index contributed by atoms with van der Waals surface area (Å²) in [5, 5.41) is 47.6. The number of Topliss-reactive ketones (excluding diaryl/α,β-unsaturated/α-hetero) is 1. The Labute approximate surface area is 402 Å². The maximum atomic E-state index is 14.8. The number of fused-ring (bicyclic) bond motifs is 6. The molecule has 3 aliphatic heterocycles. The van der Waals surface area contributed by atoms with E-state index in [2.05, 4.69) is 35.5 Å². The van der Waals surface area contributed by atoms with Gasteiger partial charge in [0.1, 0.15) is 40.3 Å². The Bertz CT molecular complexity index is 2700. The summed E-state index contributed by atoms with van der Waals surface area (Å²) < 4.78 is 30.4. The number of nitrogens with one attached hydrogen (secondary N) is 1. The van der Waals surface area contributed by atoms with E-state index in [4.69, 9.17) is 28.3 Å². The number of hydrogen-bond acceptors (Lipinski definition) is 16. The Hall–Kier alpha value is -6.01. The molecule has 17 heteroatoms. The molecule has 17 nitrogen and oxygen atoms in total. The maximum Gasteiger partial charge on any atom is 0.312 e. The van der Waals surface area contributed by atoms with Gasteiger partial charge in [-0.1, -0.05) is 67.2 Å². The molecule has 3 heterocycles. The minimum atomic E-state index is -2.09. The number of esters is 1. The molecular formula is C52H68N4O13. The standard InChI is InChI=1S/C52H68N4O13/c1-14-15-27(6)51(64)54-42-46(62)38-37(41-49(42)68-36-23-33(22-34(58)40(36)53-41)56-19-17-55(18-20-56)24-25(2)3)39-48(31(10)45(38)61)69-52(12,50(39)63)66-21-16-35(65-13)28(7)47(67-32(11)57)30(9)44(60)29(8)43(59)26(4)5/h14-16,21-23,25-26,28-30,35,43-44,47,58-61H,1,17-20,24H2,2-13H3,(H,54,64)/b21-16+,27-15-/t28-,29-,30-,35+,43+,44-,47-,52+/m1/s1. The molecule has 5 N–H and O–H groups in total. The number of benzene rings is 3. The quantitative estimate of drug-likeness (QED) is 0.0168. The highest BCUT2D eigenvalue weighted by Gasteiger charge is 2.50. The molecule has 69 heavy (non-hydrogen) atoms. The lowest BCUT2D eigenvalue weighted by Gasteiger charge is -2.37. The number of aromatic nitrogens is 1. The number of phenolic OH excluding ortho intramolecular Hbond substituents is 2. The monoisotopic (exact) mass is 956 g/mol. The smallest absolute Gasteiger partial charge is 0.312 e. The second-order valence-corrected chi connectivity index (χ2v) is 19.5. The van der Waals surface area contributed by atoms with E-state index in [-0.39, 0.29) is 73.1 Å². The molecule has 0 saturated carbocycles. The van der Waals surface area contributed by atoms with Gasteiger partial charge in [-0.3, -0.25) is 24.1 Å². The lowest BCUT2D eigenvalue weighted by molar-refractivity contribution is -0.160. The largest absolute Gasteiger partial charge is 0.507 e. The third kappa shape index (κ3) is 10.3. The van der Waals surface area contributed by atoms with Gasteiger partial charge in [-0.05, 0) is 31.8 Å². The van der Waals surface area contributed by atoms with Crippen LogP contribution in [0.25, 0.3) is 33.3 Å². The molecule has 1 amide bonds. The first-order valence-corrected chi connectivity index (χ1v) is 23.5. The van der Waals surface area contributed by atoms with Crippen molar-refractivity contribution in [3.63, 3.8) is 0 Å². The number of ether oxygens (including phenoxy) is 4. The summed E-state index contributed by atoms with van der Waals surface area (Å²) in [6, 6.07) is 3.28. The number of carbonyl (C=O) groups is 3. The molecule has 4 aliphatic rings. The predicted octanol–water partition coefficient (Wildman–Crippen LogP) is 7.07. The number of aromatic hydroxyl groups is 2. The molecule has 1 saturated heterocycles. The number of piperazine rings is 1. The summed E-state index contributed by atoms with van der Waals surface area (Å²) in [5.74, 6) is -6.63. The van der Waals surface area contributed by atoms with Crippen LogP contribution in [0.1, 0.15) is 85.2 Å². The van der Waals surface area contributed by atoms with E-state index in [1.165, 1.54) is 59.3 Å². The van der Waals surface area contributed by atoms with E-state index in [0.717, 1.165) is 19.6 Å². The van der Waals surface area contributed by atoms with Crippen LogP contribution in [0.15, 0.2) is 58.0 Å². The number of carbonyl (C=O) groups excluding carboxylic acids is 3. The van der Waals surface area contributed by atoms with Crippen molar-refractivity contribution < 1.29 is 58.2 Å². The van der Waals surface area contributed by atoms with Crippen LogP contribution >= 0.6 is 0 Å². The highest BCUT2D eigenvalue weighted by atomic mass is 16.7. The first-order chi connectivity index (χ1) is 32.5. The lowest BCUT2D eigenvalue weighted by atomic mass is 9.78. The van der Waals surface area contributed by atoms with Gasteiger partial charge in [0.15, 0.2) is 11.3 Å². The zero-order valence-corrected chi connectivity index (χ0v) is 41.7. The Morgan fingerprint density at radius 2 is 1.64 bits per heavy atom. The molecule has 2 aromatic rings. The molecule has 8 atom stereocenters. The Morgan fingerprint density at radius 3 is 2.23 bits per heavy atom. The SMILES string of the molecule is C=C/C=C(/C)C(=O)Nc1c2oc3cc(N4CCN(CC(C)C)CC4)cc(O)c3nc-2c2c3c(c(C)c(O)c2c1=O)O[C@](C)(O/C=C/[C@H](OC)[C@@H](C)[C@@H](OC(C)=O)[C@H](C)[C@H](O)[C@H](C)[C@@H](O)C(C)C)C3=O. The average Bonchev–Trinajstić information content (AvgIpc) is 3.56. The van der Waals surface area contributed by atoms with Gasteiger partial charge in [-0.15, -0.1) is 0 Å². The zero-order valence-electron chi connectivity index (χ0n) is 41.7. The number of ketones is 1. The summed E-state index contributed by atoms with van der Waals surface area (Å²) >= 11 is 0. The normalized spacial score (nSPS) is 20.0. The average molecular weight is 957 g/mol. The van der Waals surface area contributed by atoms with Gasteiger partial charge in [-0.25, -0.2) is 4.98 Å². The van der Waals surface area contributed by atoms with Gasteiger partial charge in [-0.2, -0.15) is 0 Å². The van der Waals surface area contributed by atoms with Crippen LogP contribution in [0.5, 0.6) is 17.2 Å². The van der Waals surface area contributed by atoms with Gasteiger partial charge in [0.05, 0.1) is 35.5 Å². The number of phenols is 2. The number of hydrogen-bond donors (Lipinski definition) is 5. The third-order valence-electron chi connectivity index (χ3n) is 13.5. The van der Waals surface area contributed by atoms with E-state index < -0.39 is 76.8 Å². The van der Waals surface area contributed by atoms with Crippen molar-refractivity contribution >= 4 is 50.9 Å². The Morgan fingerprint density at radius 1 is 0.971 bits per heavy atom. The topological polar surface area (TPSA) is 231 Å². The molecule has 0 aromatic heterocycles. The van der Waals surface area contributed by atoms with Gasteiger partial charge < -0.3 is 54.0 Å². The van der Waals surface area contributed by atoms with Crippen LogP contribution < -0.4 is 20.4 Å². The molecule has 374 valence electrons. The molecule has 2 aromatic carbocycles. The van der Waals surface area contributed by atoms with Crippen LogP contribution in [0, 0.1) is 36.5 Å². The second-order valence-electron chi connectivity index (χ2n) is 19.5. The van der Waals surface area contributed by atoms with Crippen LogP contribution in [-0.2, 0) is 23.8 Å². The lowest BCUT2D eigenvalue weighted by Crippen LogP contribution is -2.47. The molecule has 0 bridgehead atoms. The van der Waals surface area contributed by atoms with E-state index in [9.17, 15) is 39.6 Å². The Kier molecular flexibility index (Phi) is 15.9. The predicted molar refractivity (Wildman–Crippen MR) is 263 cm³/mol. The zero-order chi connectivity index (χ0) is 51.0. The second kappa shape index (κ2) is 20.9. The molecule has 1 aliphatic carbocycles. The van der Waals surface area contributed by atoms with Gasteiger partial charge in [0.2, 0.25) is 5.43 Å².